The van der Waals surface area contributed by atoms with E-state index in [9.17, 15) is 39.9 Å². The number of non-ortho nitro benzene ring substituents is 3. The van der Waals surface area contributed by atoms with Crippen LogP contribution in [-0.4, -0.2) is 50.3 Å². The fraction of sp³-hybridized carbons (Fsp3) is 0.211. The van der Waals surface area contributed by atoms with E-state index in [1.165, 1.54) is 35.4 Å². The summed E-state index contributed by atoms with van der Waals surface area (Å²) in [5.41, 5.74) is 1.19. The maximum atomic E-state index is 12.9. The number of rotatable bonds is 7. The van der Waals surface area contributed by atoms with Gasteiger partial charge >= 0.3 is 0 Å². The number of carbonyl (C=O) groups excluding carboxylic acids is 2. The normalized spacial score (nSPS) is 15.4. The zero-order valence-corrected chi connectivity index (χ0v) is 16.8. The number of hydrogen-bond donors (Lipinski definition) is 1. The first-order chi connectivity index (χ1) is 15.7. The average molecular weight is 456 g/mol. The maximum absolute atomic E-state index is 12.9. The largest absolute Gasteiger partial charge is 0.327 e. The highest BCUT2D eigenvalue weighted by Crippen LogP contribution is 2.26. The second-order valence-electron chi connectivity index (χ2n) is 6.99. The third kappa shape index (κ3) is 5.30. The van der Waals surface area contributed by atoms with Gasteiger partial charge in [-0.1, -0.05) is 0 Å². The van der Waals surface area contributed by atoms with Gasteiger partial charge in [0.2, 0.25) is 0 Å². The third-order valence-electron chi connectivity index (χ3n) is 4.88. The minimum Gasteiger partial charge on any atom is -0.327 e. The quantitative estimate of drug-likeness (QED) is 0.372. The molecule has 0 spiro atoms. The molecule has 0 bridgehead atoms. The van der Waals surface area contributed by atoms with Crippen molar-refractivity contribution in [2.24, 2.45) is 5.10 Å². The molecule has 0 aliphatic carbocycles. The van der Waals surface area contributed by atoms with Crippen LogP contribution in [0.5, 0.6) is 0 Å². The van der Waals surface area contributed by atoms with Crippen molar-refractivity contribution in [3.63, 3.8) is 0 Å². The smallest absolute Gasteiger partial charge is 0.277 e. The summed E-state index contributed by atoms with van der Waals surface area (Å²) in [6, 6.07) is 7.10. The Labute approximate surface area is 184 Å². The molecule has 14 nitrogen and oxygen atoms in total. The van der Waals surface area contributed by atoms with E-state index in [4.69, 9.17) is 0 Å². The Balaban J connectivity index is 1.73. The van der Waals surface area contributed by atoms with Crippen LogP contribution in [0.4, 0.5) is 17.1 Å². The first-order valence-electron chi connectivity index (χ1n) is 9.49. The highest BCUT2D eigenvalue weighted by molar-refractivity contribution is 5.99. The number of carbonyl (C=O) groups is 2. The molecule has 2 aromatic carbocycles. The van der Waals surface area contributed by atoms with E-state index >= 15 is 0 Å². The Morgan fingerprint density at radius 1 is 0.939 bits per heavy atom. The lowest BCUT2D eigenvalue weighted by molar-refractivity contribution is -0.394. The number of benzene rings is 2. The molecule has 0 aromatic heterocycles. The topological polar surface area (TPSA) is 191 Å². The first-order valence-corrected chi connectivity index (χ1v) is 9.49. The van der Waals surface area contributed by atoms with E-state index in [1.54, 1.807) is 0 Å². The summed E-state index contributed by atoms with van der Waals surface area (Å²) >= 11 is 0. The molecule has 1 fully saturated rings. The Bertz CT molecular complexity index is 1130. The van der Waals surface area contributed by atoms with Gasteiger partial charge in [-0.3, -0.25) is 39.9 Å². The number of amides is 2. The SMILES string of the molecule is O=C(N/N=C\c1ccc([N+](=O)[O-])cc1)[C@H]1CCCN1C(=O)c1cc([N+](=O)[O-])cc([N+](=O)[O-])c1. The summed E-state index contributed by atoms with van der Waals surface area (Å²) in [5.74, 6) is -1.36. The van der Waals surface area contributed by atoms with Crippen molar-refractivity contribution in [1.29, 1.82) is 0 Å². The van der Waals surface area contributed by atoms with Gasteiger partial charge in [-0.2, -0.15) is 5.10 Å². The second-order valence-corrected chi connectivity index (χ2v) is 6.99. The van der Waals surface area contributed by atoms with Crippen molar-refractivity contribution in [1.82, 2.24) is 10.3 Å². The minimum absolute atomic E-state index is 0.0994. The van der Waals surface area contributed by atoms with Gasteiger partial charge in [0.05, 0.1) is 32.6 Å². The molecular weight excluding hydrogens is 440 g/mol. The summed E-state index contributed by atoms with van der Waals surface area (Å²) in [6.07, 6.45) is 2.06. The number of hydrogen-bond acceptors (Lipinski definition) is 9. The molecule has 1 saturated heterocycles. The lowest BCUT2D eigenvalue weighted by atomic mass is 10.1. The highest BCUT2D eigenvalue weighted by atomic mass is 16.6. The van der Waals surface area contributed by atoms with Gasteiger partial charge in [0.15, 0.2) is 0 Å². The van der Waals surface area contributed by atoms with Crippen molar-refractivity contribution < 1.29 is 24.4 Å². The molecular formula is C19H16N6O8. The lowest BCUT2D eigenvalue weighted by Gasteiger charge is -2.23. The number of nitrogens with zero attached hydrogens (tertiary/aromatic N) is 5. The van der Waals surface area contributed by atoms with Crippen molar-refractivity contribution in [2.75, 3.05) is 6.54 Å². The Kier molecular flexibility index (Phi) is 6.66. The monoisotopic (exact) mass is 456 g/mol. The first kappa shape index (κ1) is 22.9. The van der Waals surface area contributed by atoms with Crippen LogP contribution in [0.2, 0.25) is 0 Å². The zero-order valence-electron chi connectivity index (χ0n) is 16.8. The molecule has 33 heavy (non-hydrogen) atoms. The van der Waals surface area contributed by atoms with Crippen LogP contribution in [0.3, 0.4) is 0 Å². The van der Waals surface area contributed by atoms with E-state index < -0.39 is 44.0 Å². The Morgan fingerprint density at radius 2 is 1.52 bits per heavy atom. The molecule has 1 N–H and O–H groups in total. The predicted molar refractivity (Wildman–Crippen MR) is 113 cm³/mol. The average Bonchev–Trinajstić information content (AvgIpc) is 3.28. The van der Waals surface area contributed by atoms with Gasteiger partial charge in [-0.25, -0.2) is 5.43 Å². The van der Waals surface area contributed by atoms with Crippen LogP contribution >= 0.6 is 0 Å². The molecule has 0 unspecified atom stereocenters. The van der Waals surface area contributed by atoms with Gasteiger partial charge in [0.1, 0.15) is 6.04 Å². The van der Waals surface area contributed by atoms with Crippen LogP contribution < -0.4 is 5.43 Å². The van der Waals surface area contributed by atoms with Crippen molar-refractivity contribution in [3.8, 4) is 0 Å². The summed E-state index contributed by atoms with van der Waals surface area (Å²) in [4.78, 5) is 57.2. The maximum Gasteiger partial charge on any atom is 0.277 e. The van der Waals surface area contributed by atoms with E-state index in [-0.39, 0.29) is 17.8 Å². The molecule has 3 rings (SSSR count). The molecule has 1 heterocycles. The van der Waals surface area contributed by atoms with Crippen molar-refractivity contribution in [3.05, 3.63) is 83.9 Å². The van der Waals surface area contributed by atoms with E-state index in [1.807, 2.05) is 0 Å². The van der Waals surface area contributed by atoms with E-state index in [0.29, 0.717) is 18.4 Å². The van der Waals surface area contributed by atoms with Crippen LogP contribution in [-0.2, 0) is 4.79 Å². The second kappa shape index (κ2) is 9.59. The third-order valence-corrected chi connectivity index (χ3v) is 4.88. The lowest BCUT2D eigenvalue weighted by Crippen LogP contribution is -2.44. The molecule has 170 valence electrons. The van der Waals surface area contributed by atoms with Gasteiger partial charge < -0.3 is 4.90 Å². The number of hydrazone groups is 1. The molecule has 2 aromatic rings. The number of nitrogens with one attached hydrogen (secondary N) is 1. The van der Waals surface area contributed by atoms with Crippen LogP contribution in [0.15, 0.2) is 47.6 Å². The van der Waals surface area contributed by atoms with Gasteiger partial charge in [0.25, 0.3) is 28.9 Å². The minimum atomic E-state index is -0.926. The predicted octanol–water partition coefficient (Wildman–Crippen LogP) is 2.17. The van der Waals surface area contributed by atoms with E-state index in [0.717, 1.165) is 18.2 Å². The summed E-state index contributed by atoms with van der Waals surface area (Å²) in [5, 5.41) is 36.6. The summed E-state index contributed by atoms with van der Waals surface area (Å²) in [7, 11) is 0. The summed E-state index contributed by atoms with van der Waals surface area (Å²) in [6.45, 7) is 0.180. The van der Waals surface area contributed by atoms with E-state index in [2.05, 4.69) is 10.5 Å². The number of nitro benzene ring substituents is 3. The van der Waals surface area contributed by atoms with Crippen LogP contribution in [0.25, 0.3) is 0 Å². The summed E-state index contributed by atoms with van der Waals surface area (Å²) < 4.78 is 0. The van der Waals surface area contributed by atoms with Crippen molar-refractivity contribution >= 4 is 35.1 Å². The van der Waals surface area contributed by atoms with Gasteiger partial charge in [-0.15, -0.1) is 0 Å². The fourth-order valence-electron chi connectivity index (χ4n) is 3.30. The van der Waals surface area contributed by atoms with Crippen LogP contribution in [0, 0.1) is 30.3 Å². The molecule has 1 atom stereocenters. The Morgan fingerprint density at radius 3 is 2.06 bits per heavy atom. The molecule has 0 radical (unpaired) electrons. The van der Waals surface area contributed by atoms with Crippen LogP contribution in [0.1, 0.15) is 28.8 Å². The van der Waals surface area contributed by atoms with Gasteiger partial charge in [-0.05, 0) is 30.5 Å². The Hall–Kier alpha value is -4.75. The molecule has 1 aliphatic rings. The molecule has 2 amide bonds. The molecule has 14 heteroatoms. The molecule has 1 aliphatic heterocycles. The number of likely N-dealkylation sites (tertiary alicyclic amines) is 1. The number of nitro groups is 3. The fourth-order valence-corrected chi connectivity index (χ4v) is 3.30. The molecule has 0 saturated carbocycles. The standard InChI is InChI=1S/C19H16N6O8/c26-18(21-20-11-12-3-5-14(6-4-12)23(28)29)17-2-1-7-22(17)19(27)13-8-15(24(30)31)10-16(9-13)25(32)33/h3-6,8-11,17H,1-2,7H2,(H,21,26)/b20-11-/t17-/m1/s1. The van der Waals surface area contributed by atoms with Crippen molar-refractivity contribution in [2.45, 2.75) is 18.9 Å². The van der Waals surface area contributed by atoms with Gasteiger partial charge in [0, 0.05) is 30.8 Å². The zero-order chi connectivity index (χ0) is 24.1. The highest BCUT2D eigenvalue weighted by Gasteiger charge is 2.35.